The van der Waals surface area contributed by atoms with Gasteiger partial charge >= 0.3 is 6.01 Å². The molecular weight excluding hydrogens is 392 g/mol. The smallest absolute Gasteiger partial charge is 0.336 e. The lowest BCUT2D eigenvalue weighted by Crippen LogP contribution is -2.10. The number of amides is 1. The van der Waals surface area contributed by atoms with Crippen LogP contribution in [0.2, 0.25) is 0 Å². The van der Waals surface area contributed by atoms with E-state index >= 15 is 0 Å². The number of aromatic nitrogens is 3. The molecule has 0 aliphatic heterocycles. The summed E-state index contributed by atoms with van der Waals surface area (Å²) in [4.78, 5) is 17.4. The van der Waals surface area contributed by atoms with Crippen molar-refractivity contribution in [3.8, 4) is 23.3 Å². The average molecular weight is 410 g/mol. The lowest BCUT2D eigenvalue weighted by molar-refractivity contribution is 0.103. The second-order valence-corrected chi connectivity index (χ2v) is 6.88. The number of rotatable bonds is 8. The van der Waals surface area contributed by atoms with Crippen molar-refractivity contribution < 1.29 is 18.7 Å². The topological polar surface area (TPSA) is 91.4 Å². The van der Waals surface area contributed by atoms with Gasteiger partial charge in [0, 0.05) is 12.8 Å². The summed E-state index contributed by atoms with van der Waals surface area (Å²) >= 11 is 1.39. The zero-order chi connectivity index (χ0) is 20.1. The molecule has 0 atom stereocenters. The fourth-order valence-corrected chi connectivity index (χ4v) is 3.25. The van der Waals surface area contributed by atoms with Crippen molar-refractivity contribution in [1.29, 1.82) is 0 Å². The molecule has 148 valence electrons. The van der Waals surface area contributed by atoms with Crippen LogP contribution >= 0.6 is 11.3 Å². The molecule has 0 radical (unpaired) electrons. The van der Waals surface area contributed by atoms with Gasteiger partial charge in [-0.15, -0.1) is 16.4 Å². The van der Waals surface area contributed by atoms with Crippen LogP contribution in [-0.2, 0) is 4.74 Å². The van der Waals surface area contributed by atoms with Crippen LogP contribution in [0.4, 0.5) is 5.69 Å². The Morgan fingerprint density at radius 1 is 1.21 bits per heavy atom. The molecule has 0 saturated carbocycles. The van der Waals surface area contributed by atoms with Gasteiger partial charge in [-0.3, -0.25) is 4.79 Å². The van der Waals surface area contributed by atoms with E-state index < -0.39 is 0 Å². The van der Waals surface area contributed by atoms with Gasteiger partial charge in [-0.1, -0.05) is 12.1 Å². The Bertz CT molecular complexity index is 1070. The molecule has 0 bridgehead atoms. The normalized spacial score (nSPS) is 10.8. The van der Waals surface area contributed by atoms with Gasteiger partial charge < -0.3 is 19.2 Å². The number of carbonyl (C=O) groups is 1. The third kappa shape index (κ3) is 4.36. The predicted molar refractivity (Wildman–Crippen MR) is 109 cm³/mol. The molecular formula is C20H18N4O4S. The van der Waals surface area contributed by atoms with Crippen molar-refractivity contribution in [2.45, 2.75) is 0 Å². The van der Waals surface area contributed by atoms with Gasteiger partial charge in [-0.25, -0.2) is 4.68 Å². The number of furan rings is 1. The van der Waals surface area contributed by atoms with Crippen molar-refractivity contribution in [1.82, 2.24) is 14.8 Å². The maximum atomic E-state index is 12.3. The van der Waals surface area contributed by atoms with Gasteiger partial charge in [0.05, 0.1) is 23.4 Å². The maximum Gasteiger partial charge on any atom is 0.336 e. The summed E-state index contributed by atoms with van der Waals surface area (Å²) in [6.07, 6.45) is 1.57. The Hall–Kier alpha value is -3.43. The van der Waals surface area contributed by atoms with E-state index in [4.69, 9.17) is 13.9 Å². The molecule has 1 N–H and O–H groups in total. The van der Waals surface area contributed by atoms with Crippen molar-refractivity contribution in [3.63, 3.8) is 0 Å². The molecule has 29 heavy (non-hydrogen) atoms. The Kier molecular flexibility index (Phi) is 5.68. The van der Waals surface area contributed by atoms with E-state index in [0.29, 0.717) is 41.1 Å². The molecule has 0 saturated heterocycles. The van der Waals surface area contributed by atoms with Crippen molar-refractivity contribution in [2.24, 2.45) is 0 Å². The van der Waals surface area contributed by atoms with Crippen LogP contribution < -0.4 is 10.1 Å². The lowest BCUT2D eigenvalue weighted by Gasteiger charge is -2.08. The van der Waals surface area contributed by atoms with Crippen LogP contribution in [0.25, 0.3) is 17.3 Å². The van der Waals surface area contributed by atoms with Crippen LogP contribution in [0.3, 0.4) is 0 Å². The van der Waals surface area contributed by atoms with Gasteiger partial charge in [0.2, 0.25) is 5.82 Å². The molecule has 3 heterocycles. The number of thiophene rings is 1. The third-order valence-electron chi connectivity index (χ3n) is 3.94. The van der Waals surface area contributed by atoms with E-state index in [1.165, 1.54) is 11.3 Å². The van der Waals surface area contributed by atoms with Crippen LogP contribution in [0.15, 0.2) is 64.6 Å². The molecule has 0 spiro atoms. The highest BCUT2D eigenvalue weighted by atomic mass is 32.1. The number of methoxy groups -OCH3 is 1. The Morgan fingerprint density at radius 2 is 2.14 bits per heavy atom. The lowest BCUT2D eigenvalue weighted by atomic mass is 10.2. The Labute approximate surface area is 170 Å². The second-order valence-electron chi connectivity index (χ2n) is 5.93. The molecule has 8 nitrogen and oxygen atoms in total. The quantitative estimate of drug-likeness (QED) is 0.444. The minimum absolute atomic E-state index is 0.161. The number of anilines is 1. The van der Waals surface area contributed by atoms with Crippen molar-refractivity contribution in [2.75, 3.05) is 25.6 Å². The fourth-order valence-electron chi connectivity index (χ4n) is 2.63. The monoisotopic (exact) mass is 410 g/mol. The van der Waals surface area contributed by atoms with Crippen LogP contribution in [-0.4, -0.2) is 41.0 Å². The summed E-state index contributed by atoms with van der Waals surface area (Å²) in [6.45, 7) is 0.754. The van der Waals surface area contributed by atoms with Gasteiger partial charge in [0.15, 0.2) is 5.76 Å². The van der Waals surface area contributed by atoms with Crippen molar-refractivity contribution in [3.05, 3.63) is 65.1 Å². The highest BCUT2D eigenvalue weighted by molar-refractivity contribution is 7.12. The van der Waals surface area contributed by atoms with E-state index in [1.807, 2.05) is 35.7 Å². The van der Waals surface area contributed by atoms with E-state index in [0.717, 1.165) is 0 Å². The van der Waals surface area contributed by atoms with E-state index in [9.17, 15) is 4.79 Å². The van der Waals surface area contributed by atoms with Crippen LogP contribution in [0.5, 0.6) is 6.01 Å². The largest absolute Gasteiger partial charge is 0.461 e. The Balaban J connectivity index is 1.64. The molecule has 0 aliphatic carbocycles. The first-order valence-corrected chi connectivity index (χ1v) is 9.70. The molecule has 0 fully saturated rings. The molecule has 3 aromatic heterocycles. The molecule has 1 aromatic carbocycles. The molecule has 0 aliphatic rings. The van der Waals surface area contributed by atoms with Gasteiger partial charge in [0.1, 0.15) is 6.61 Å². The summed E-state index contributed by atoms with van der Waals surface area (Å²) in [5.74, 6) is 0.877. The summed E-state index contributed by atoms with van der Waals surface area (Å²) < 4.78 is 17.7. The number of hydrogen-bond donors (Lipinski definition) is 1. The third-order valence-corrected chi connectivity index (χ3v) is 4.81. The fraction of sp³-hybridized carbons (Fsp3) is 0.150. The number of nitrogens with one attached hydrogen (secondary N) is 1. The zero-order valence-electron chi connectivity index (χ0n) is 15.6. The predicted octanol–water partition coefficient (Wildman–Crippen LogP) is 3.87. The summed E-state index contributed by atoms with van der Waals surface area (Å²) in [6, 6.07) is 14.7. The molecule has 0 unspecified atom stereocenters. The first-order chi connectivity index (χ1) is 14.2. The van der Waals surface area contributed by atoms with Gasteiger partial charge in [0.25, 0.3) is 5.91 Å². The summed E-state index contributed by atoms with van der Waals surface area (Å²) in [7, 11) is 1.60. The minimum Gasteiger partial charge on any atom is -0.461 e. The molecule has 9 heteroatoms. The minimum atomic E-state index is -0.161. The van der Waals surface area contributed by atoms with Crippen LogP contribution in [0.1, 0.15) is 9.67 Å². The molecule has 4 rings (SSSR count). The number of benzene rings is 1. The highest BCUT2D eigenvalue weighted by Crippen LogP contribution is 2.25. The Morgan fingerprint density at radius 3 is 2.90 bits per heavy atom. The molecule has 4 aromatic rings. The summed E-state index contributed by atoms with van der Waals surface area (Å²) in [5, 5.41) is 9.19. The molecule has 1 amide bonds. The average Bonchev–Trinajstić information content (AvgIpc) is 3.49. The van der Waals surface area contributed by atoms with Crippen LogP contribution in [0, 0.1) is 0 Å². The van der Waals surface area contributed by atoms with E-state index in [1.54, 1.807) is 36.3 Å². The van der Waals surface area contributed by atoms with E-state index in [2.05, 4.69) is 15.4 Å². The standard InChI is InChI=1S/C20H18N4O4S/c1-26-10-11-28-20-22-18(16-7-3-9-27-16)24(23-20)15-6-2-5-14(13-15)21-19(25)17-8-4-12-29-17/h2-9,12-13H,10-11H2,1H3,(H,21,25). The number of nitrogens with zero attached hydrogens (tertiary/aromatic N) is 3. The SMILES string of the molecule is COCCOc1nc(-c2ccco2)n(-c2cccc(NC(=O)c3cccs3)c2)n1. The number of hydrogen-bond acceptors (Lipinski definition) is 7. The maximum absolute atomic E-state index is 12.3. The second kappa shape index (κ2) is 8.72. The van der Waals surface area contributed by atoms with Gasteiger partial charge in [-0.05, 0) is 41.8 Å². The van der Waals surface area contributed by atoms with E-state index in [-0.39, 0.29) is 11.9 Å². The number of ether oxygens (including phenoxy) is 2. The first kappa shape index (κ1) is 18.9. The highest BCUT2D eigenvalue weighted by Gasteiger charge is 2.17. The zero-order valence-corrected chi connectivity index (χ0v) is 16.4. The summed E-state index contributed by atoms with van der Waals surface area (Å²) in [5.41, 5.74) is 1.35. The van der Waals surface area contributed by atoms with Crippen molar-refractivity contribution >= 4 is 22.9 Å². The van der Waals surface area contributed by atoms with Gasteiger partial charge in [-0.2, -0.15) is 4.98 Å². The first-order valence-electron chi connectivity index (χ1n) is 8.82. The number of carbonyl (C=O) groups excluding carboxylic acids is 1.